The van der Waals surface area contributed by atoms with Gasteiger partial charge in [-0.2, -0.15) is 0 Å². The van der Waals surface area contributed by atoms with Crippen molar-refractivity contribution in [2.75, 3.05) is 5.75 Å². The zero-order valence-electron chi connectivity index (χ0n) is 15.9. The number of aryl methyl sites for hydroxylation is 1. The minimum atomic E-state index is 0.141. The van der Waals surface area contributed by atoms with Crippen LogP contribution >= 0.6 is 11.8 Å². The van der Waals surface area contributed by atoms with Gasteiger partial charge in [-0.3, -0.25) is 14.3 Å². The molecule has 1 saturated carbocycles. The molecule has 0 spiro atoms. The highest BCUT2D eigenvalue weighted by atomic mass is 32.2. The van der Waals surface area contributed by atoms with E-state index in [9.17, 15) is 4.79 Å². The number of nitrogens with zero attached hydrogens (tertiary/aromatic N) is 5. The van der Waals surface area contributed by atoms with Gasteiger partial charge in [0.2, 0.25) is 5.91 Å². The van der Waals surface area contributed by atoms with Gasteiger partial charge in [-0.05, 0) is 48.6 Å². The lowest BCUT2D eigenvalue weighted by Gasteiger charge is -2.22. The molecule has 2 aromatic heterocycles. The summed E-state index contributed by atoms with van der Waals surface area (Å²) in [7, 11) is 0. The Bertz CT molecular complexity index is 939. The highest BCUT2D eigenvalue weighted by Gasteiger charge is 2.32. The van der Waals surface area contributed by atoms with Crippen molar-refractivity contribution in [1.82, 2.24) is 24.6 Å². The highest BCUT2D eigenvalue weighted by molar-refractivity contribution is 7.99. The predicted octanol–water partition coefficient (Wildman–Crippen LogP) is 3.51. The maximum absolute atomic E-state index is 12.9. The molecule has 0 bridgehead atoms. The Balaban J connectivity index is 1.46. The molecule has 4 rings (SSSR count). The van der Waals surface area contributed by atoms with E-state index in [4.69, 9.17) is 0 Å². The fourth-order valence-corrected chi connectivity index (χ4v) is 4.04. The summed E-state index contributed by atoms with van der Waals surface area (Å²) in [4.78, 5) is 19.0. The van der Waals surface area contributed by atoms with E-state index in [2.05, 4.69) is 34.2 Å². The number of carbonyl (C=O) groups is 1. The molecule has 28 heavy (non-hydrogen) atoms. The maximum Gasteiger partial charge on any atom is 0.233 e. The monoisotopic (exact) mass is 393 g/mol. The van der Waals surface area contributed by atoms with Crippen LogP contribution in [0.25, 0.3) is 5.69 Å². The van der Waals surface area contributed by atoms with Gasteiger partial charge in [0.25, 0.3) is 0 Å². The molecular formula is C21H23N5OS. The van der Waals surface area contributed by atoms with E-state index in [0.29, 0.717) is 18.3 Å². The highest BCUT2D eigenvalue weighted by Crippen LogP contribution is 2.30. The molecule has 0 N–H and O–H groups in total. The second-order valence-electron chi connectivity index (χ2n) is 6.86. The third-order valence-corrected chi connectivity index (χ3v) is 5.81. The summed E-state index contributed by atoms with van der Waals surface area (Å²) in [5, 5.41) is 9.06. The molecule has 1 aliphatic carbocycles. The minimum Gasteiger partial charge on any atom is -0.335 e. The van der Waals surface area contributed by atoms with E-state index in [1.807, 2.05) is 33.7 Å². The molecule has 144 valence electrons. The Morgan fingerprint density at radius 3 is 2.75 bits per heavy atom. The van der Waals surface area contributed by atoms with E-state index < -0.39 is 0 Å². The quantitative estimate of drug-likeness (QED) is 0.548. The molecule has 1 amide bonds. The molecule has 1 aliphatic rings. The molecule has 0 atom stereocenters. The lowest BCUT2D eigenvalue weighted by atomic mass is 10.1. The van der Waals surface area contributed by atoms with Gasteiger partial charge in [0.15, 0.2) is 5.16 Å². The summed E-state index contributed by atoms with van der Waals surface area (Å²) in [6.07, 6.45) is 8.36. The van der Waals surface area contributed by atoms with Crippen LogP contribution in [0.4, 0.5) is 0 Å². The van der Waals surface area contributed by atoms with Crippen LogP contribution in [0, 0.1) is 0 Å². The van der Waals surface area contributed by atoms with Crippen LogP contribution in [0.5, 0.6) is 0 Å². The molecule has 0 unspecified atom stereocenters. The maximum atomic E-state index is 12.9. The largest absolute Gasteiger partial charge is 0.335 e. The van der Waals surface area contributed by atoms with Crippen molar-refractivity contribution < 1.29 is 4.79 Å². The van der Waals surface area contributed by atoms with Crippen molar-refractivity contribution in [3.8, 4) is 5.69 Å². The van der Waals surface area contributed by atoms with Gasteiger partial charge in [0.1, 0.15) is 6.33 Å². The van der Waals surface area contributed by atoms with Gasteiger partial charge in [0.05, 0.1) is 11.4 Å². The van der Waals surface area contributed by atoms with Gasteiger partial charge >= 0.3 is 0 Å². The van der Waals surface area contributed by atoms with Crippen molar-refractivity contribution >= 4 is 17.7 Å². The molecule has 0 radical (unpaired) electrons. The Kier molecular flexibility index (Phi) is 5.71. The fourth-order valence-electron chi connectivity index (χ4n) is 3.23. The first-order chi connectivity index (χ1) is 13.8. The number of rotatable bonds is 8. The first-order valence-corrected chi connectivity index (χ1v) is 10.5. The second kappa shape index (κ2) is 8.56. The van der Waals surface area contributed by atoms with Crippen LogP contribution in [0.2, 0.25) is 0 Å². The second-order valence-corrected chi connectivity index (χ2v) is 7.81. The van der Waals surface area contributed by atoms with Gasteiger partial charge in [-0.1, -0.05) is 36.9 Å². The third-order valence-electron chi connectivity index (χ3n) is 4.88. The van der Waals surface area contributed by atoms with Crippen molar-refractivity contribution in [2.24, 2.45) is 0 Å². The van der Waals surface area contributed by atoms with Gasteiger partial charge in [-0.25, -0.2) is 0 Å². The zero-order chi connectivity index (χ0) is 19.3. The fraction of sp³-hybridized carbons (Fsp3) is 0.333. The Hall–Kier alpha value is -2.67. The van der Waals surface area contributed by atoms with Gasteiger partial charge < -0.3 is 4.90 Å². The van der Waals surface area contributed by atoms with Gasteiger partial charge in [0, 0.05) is 25.0 Å². The lowest BCUT2D eigenvalue weighted by Crippen LogP contribution is -2.34. The first kappa shape index (κ1) is 18.7. The molecule has 0 aliphatic heterocycles. The summed E-state index contributed by atoms with van der Waals surface area (Å²) in [5.41, 5.74) is 3.41. The molecular weight excluding hydrogens is 370 g/mol. The summed E-state index contributed by atoms with van der Waals surface area (Å²) >= 11 is 1.45. The molecule has 1 aromatic carbocycles. The van der Waals surface area contributed by atoms with E-state index in [0.717, 1.165) is 35.7 Å². The summed E-state index contributed by atoms with van der Waals surface area (Å²) < 4.78 is 1.97. The van der Waals surface area contributed by atoms with E-state index in [1.54, 1.807) is 18.7 Å². The number of hydrogen-bond donors (Lipinski definition) is 0. The van der Waals surface area contributed by atoms with Crippen molar-refractivity contribution in [3.05, 3.63) is 66.2 Å². The molecule has 7 heteroatoms. The number of para-hydroxylation sites is 1. The van der Waals surface area contributed by atoms with Crippen LogP contribution in [0.1, 0.15) is 30.9 Å². The number of carbonyl (C=O) groups excluding carboxylic acids is 1. The molecule has 6 nitrogen and oxygen atoms in total. The molecule has 2 heterocycles. The summed E-state index contributed by atoms with van der Waals surface area (Å²) in [6, 6.07) is 12.5. The summed E-state index contributed by atoms with van der Waals surface area (Å²) in [5.74, 6) is 0.497. The van der Waals surface area contributed by atoms with E-state index in [-0.39, 0.29) is 5.91 Å². The number of aromatic nitrogens is 4. The average molecular weight is 394 g/mol. The van der Waals surface area contributed by atoms with Gasteiger partial charge in [-0.15, -0.1) is 10.2 Å². The molecule has 3 aromatic rings. The van der Waals surface area contributed by atoms with E-state index >= 15 is 0 Å². The Labute approximate surface area is 169 Å². The molecule has 0 saturated heterocycles. The predicted molar refractivity (Wildman–Crippen MR) is 109 cm³/mol. The number of hydrogen-bond acceptors (Lipinski definition) is 5. The third kappa shape index (κ3) is 4.25. The van der Waals surface area contributed by atoms with Crippen LogP contribution in [-0.4, -0.2) is 42.4 Å². The van der Waals surface area contributed by atoms with Crippen molar-refractivity contribution in [1.29, 1.82) is 0 Å². The number of thioether (sulfide) groups is 1. The smallest absolute Gasteiger partial charge is 0.233 e. The van der Waals surface area contributed by atoms with Crippen LogP contribution in [0.3, 0.4) is 0 Å². The van der Waals surface area contributed by atoms with Crippen LogP contribution in [0.15, 0.2) is 60.3 Å². The van der Waals surface area contributed by atoms with Crippen molar-refractivity contribution in [2.45, 2.75) is 43.9 Å². The standard InChI is InChI=1S/C21H23N5OS/c1-2-17-5-3-4-6-19(17)26-15-23-24-21(26)28-14-20(27)25(18-7-8-18)13-16-9-11-22-12-10-16/h3-6,9-12,15,18H,2,7-8,13-14H2,1H3. The van der Waals surface area contributed by atoms with Crippen LogP contribution < -0.4 is 0 Å². The number of pyridine rings is 1. The van der Waals surface area contributed by atoms with Crippen molar-refractivity contribution in [3.63, 3.8) is 0 Å². The SMILES string of the molecule is CCc1ccccc1-n1cnnc1SCC(=O)N(Cc1ccncc1)C1CC1. The number of benzene rings is 1. The minimum absolute atomic E-state index is 0.141. The Morgan fingerprint density at radius 1 is 1.21 bits per heavy atom. The summed E-state index contributed by atoms with van der Waals surface area (Å²) in [6.45, 7) is 2.77. The Morgan fingerprint density at radius 2 is 2.00 bits per heavy atom. The number of amides is 1. The zero-order valence-corrected chi connectivity index (χ0v) is 16.7. The van der Waals surface area contributed by atoms with Crippen LogP contribution in [-0.2, 0) is 17.8 Å². The average Bonchev–Trinajstić information content (AvgIpc) is 3.48. The normalized spacial score (nSPS) is 13.5. The topological polar surface area (TPSA) is 63.9 Å². The van der Waals surface area contributed by atoms with E-state index in [1.165, 1.54) is 17.3 Å². The molecule has 1 fully saturated rings. The lowest BCUT2D eigenvalue weighted by molar-refractivity contribution is -0.129. The first-order valence-electron chi connectivity index (χ1n) is 9.55.